The van der Waals surface area contributed by atoms with Gasteiger partial charge in [-0.05, 0) is 74.5 Å². The Morgan fingerprint density at radius 2 is 1.68 bits per heavy atom. The smallest absolute Gasteiger partial charge is 0.242 e. The monoisotopic (exact) mass is 369 g/mol. The molecule has 4 bridgehead atoms. The summed E-state index contributed by atoms with van der Waals surface area (Å²) in [5.41, 5.74) is 5.98. The molecule has 4 saturated carbocycles. The van der Waals surface area contributed by atoms with Gasteiger partial charge in [-0.1, -0.05) is 0 Å². The standard InChI is InChI=1S/C19H31N3O2.ClH/c20-11-16-2-1-3-22(16)18(24)12-21-17(23)10-19-7-13-4-14(8-19)6-15(5-13)9-19;/h13-16H,1-12,20H2,(H,21,23);1H. The highest BCUT2D eigenvalue weighted by atomic mass is 35.5. The van der Waals surface area contributed by atoms with Crippen molar-refractivity contribution < 1.29 is 9.59 Å². The third-order valence-electron chi connectivity index (χ3n) is 7.11. The number of rotatable bonds is 5. The van der Waals surface area contributed by atoms with Crippen molar-refractivity contribution in [1.29, 1.82) is 0 Å². The molecule has 0 spiro atoms. The molecule has 0 aromatic rings. The molecular weight excluding hydrogens is 338 g/mol. The topological polar surface area (TPSA) is 75.4 Å². The van der Waals surface area contributed by atoms with Crippen molar-refractivity contribution in [3.05, 3.63) is 0 Å². The van der Waals surface area contributed by atoms with Gasteiger partial charge in [0.2, 0.25) is 11.8 Å². The Labute approximate surface area is 156 Å². The van der Waals surface area contributed by atoms with Crippen LogP contribution in [0.2, 0.25) is 0 Å². The van der Waals surface area contributed by atoms with Crippen LogP contribution < -0.4 is 11.1 Å². The quantitative estimate of drug-likeness (QED) is 0.779. The largest absolute Gasteiger partial charge is 0.347 e. The molecule has 0 radical (unpaired) electrons. The summed E-state index contributed by atoms with van der Waals surface area (Å²) >= 11 is 0. The van der Waals surface area contributed by atoms with Crippen molar-refractivity contribution in [1.82, 2.24) is 10.2 Å². The van der Waals surface area contributed by atoms with E-state index in [2.05, 4.69) is 5.32 Å². The number of nitrogens with zero attached hydrogens (tertiary/aromatic N) is 1. The van der Waals surface area contributed by atoms with E-state index in [0.29, 0.717) is 13.0 Å². The number of carbonyl (C=O) groups excluding carboxylic acids is 2. The van der Waals surface area contributed by atoms with Crippen LogP contribution in [-0.2, 0) is 9.59 Å². The highest BCUT2D eigenvalue weighted by molar-refractivity contribution is 5.85. The van der Waals surface area contributed by atoms with E-state index in [-0.39, 0.29) is 42.2 Å². The highest BCUT2D eigenvalue weighted by Gasteiger charge is 2.51. The van der Waals surface area contributed by atoms with Crippen molar-refractivity contribution in [2.24, 2.45) is 28.9 Å². The van der Waals surface area contributed by atoms with Gasteiger partial charge in [-0.25, -0.2) is 0 Å². The number of nitrogens with one attached hydrogen (secondary N) is 1. The van der Waals surface area contributed by atoms with E-state index in [0.717, 1.165) is 37.1 Å². The summed E-state index contributed by atoms with van der Waals surface area (Å²) in [4.78, 5) is 26.7. The van der Waals surface area contributed by atoms with Gasteiger partial charge < -0.3 is 16.0 Å². The maximum Gasteiger partial charge on any atom is 0.242 e. The molecule has 5 rings (SSSR count). The zero-order chi connectivity index (χ0) is 16.7. The van der Waals surface area contributed by atoms with Gasteiger partial charge in [0.05, 0.1) is 6.54 Å². The van der Waals surface area contributed by atoms with Gasteiger partial charge >= 0.3 is 0 Å². The molecule has 1 unspecified atom stereocenters. The van der Waals surface area contributed by atoms with E-state index in [4.69, 9.17) is 5.73 Å². The molecule has 1 aliphatic heterocycles. The first-order valence-corrected chi connectivity index (χ1v) is 9.83. The van der Waals surface area contributed by atoms with Crippen LogP contribution in [0.1, 0.15) is 57.8 Å². The molecule has 5 aliphatic rings. The van der Waals surface area contributed by atoms with Crippen LogP contribution in [0.3, 0.4) is 0 Å². The Bertz CT molecular complexity index is 490. The Kier molecular flexibility index (Phi) is 5.64. The summed E-state index contributed by atoms with van der Waals surface area (Å²) in [6.07, 6.45) is 10.5. The summed E-state index contributed by atoms with van der Waals surface area (Å²) in [7, 11) is 0. The van der Waals surface area contributed by atoms with E-state index in [9.17, 15) is 9.59 Å². The Hall–Kier alpha value is -0.810. The molecule has 2 amide bonds. The van der Waals surface area contributed by atoms with Crippen LogP contribution in [0.5, 0.6) is 0 Å². The van der Waals surface area contributed by atoms with E-state index in [1.54, 1.807) is 0 Å². The molecule has 0 aromatic carbocycles. The SMILES string of the molecule is Cl.NCC1CCCN1C(=O)CNC(=O)CC12CC3CC(CC(C3)C1)C2. The number of amides is 2. The van der Waals surface area contributed by atoms with Crippen LogP contribution in [0.4, 0.5) is 0 Å². The minimum Gasteiger partial charge on any atom is -0.347 e. The van der Waals surface area contributed by atoms with E-state index >= 15 is 0 Å². The predicted molar refractivity (Wildman–Crippen MR) is 99.3 cm³/mol. The second-order valence-corrected chi connectivity index (χ2v) is 8.99. The lowest BCUT2D eigenvalue weighted by atomic mass is 9.49. The Balaban J connectivity index is 0.00000182. The van der Waals surface area contributed by atoms with E-state index in [1.807, 2.05) is 4.90 Å². The molecular formula is C19H32ClN3O2. The lowest BCUT2D eigenvalue weighted by Gasteiger charge is -2.56. The maximum absolute atomic E-state index is 12.5. The number of halogens is 1. The van der Waals surface area contributed by atoms with Gasteiger partial charge in [-0.15, -0.1) is 12.4 Å². The van der Waals surface area contributed by atoms with Crippen LogP contribution in [-0.4, -0.2) is 42.4 Å². The minimum atomic E-state index is 0. The predicted octanol–water partition coefficient (Wildman–Crippen LogP) is 2.08. The van der Waals surface area contributed by atoms with Crippen molar-refractivity contribution in [2.45, 2.75) is 63.8 Å². The number of nitrogens with two attached hydrogens (primary N) is 1. The fourth-order valence-electron chi connectivity index (χ4n) is 6.59. The molecule has 5 fully saturated rings. The minimum absolute atomic E-state index is 0. The maximum atomic E-state index is 12.5. The molecule has 1 heterocycles. The Morgan fingerprint density at radius 1 is 1.08 bits per heavy atom. The first-order valence-electron chi connectivity index (χ1n) is 9.83. The summed E-state index contributed by atoms with van der Waals surface area (Å²) in [6, 6.07) is 0.164. The zero-order valence-corrected chi connectivity index (χ0v) is 15.9. The van der Waals surface area contributed by atoms with Crippen LogP contribution >= 0.6 is 12.4 Å². The van der Waals surface area contributed by atoms with Gasteiger partial charge in [-0.2, -0.15) is 0 Å². The molecule has 6 heteroatoms. The van der Waals surface area contributed by atoms with Crippen LogP contribution in [0, 0.1) is 23.2 Å². The molecule has 3 N–H and O–H groups in total. The molecule has 5 nitrogen and oxygen atoms in total. The van der Waals surface area contributed by atoms with Crippen molar-refractivity contribution >= 4 is 24.2 Å². The average molecular weight is 370 g/mol. The zero-order valence-electron chi connectivity index (χ0n) is 15.0. The summed E-state index contributed by atoms with van der Waals surface area (Å²) < 4.78 is 0. The third kappa shape index (κ3) is 3.82. The number of carbonyl (C=O) groups is 2. The fourth-order valence-corrected chi connectivity index (χ4v) is 6.59. The lowest BCUT2D eigenvalue weighted by Crippen LogP contribution is -2.49. The molecule has 25 heavy (non-hydrogen) atoms. The first-order chi connectivity index (χ1) is 11.6. The van der Waals surface area contributed by atoms with Crippen molar-refractivity contribution in [3.63, 3.8) is 0 Å². The first kappa shape index (κ1) is 19.0. The van der Waals surface area contributed by atoms with Crippen molar-refractivity contribution in [3.8, 4) is 0 Å². The van der Waals surface area contributed by atoms with E-state index in [1.165, 1.54) is 38.5 Å². The molecule has 1 saturated heterocycles. The summed E-state index contributed by atoms with van der Waals surface area (Å²) in [5, 5.41) is 2.91. The van der Waals surface area contributed by atoms with Crippen LogP contribution in [0.25, 0.3) is 0 Å². The van der Waals surface area contributed by atoms with Gasteiger partial charge in [0.1, 0.15) is 0 Å². The summed E-state index contributed by atoms with van der Waals surface area (Å²) in [6.45, 7) is 1.44. The second kappa shape index (κ2) is 7.43. The molecule has 0 aromatic heterocycles. The molecule has 142 valence electrons. The second-order valence-electron chi connectivity index (χ2n) is 8.99. The molecule has 4 aliphatic carbocycles. The van der Waals surface area contributed by atoms with Gasteiger partial charge in [0.15, 0.2) is 0 Å². The van der Waals surface area contributed by atoms with E-state index < -0.39 is 0 Å². The number of hydrogen-bond donors (Lipinski definition) is 2. The number of likely N-dealkylation sites (tertiary alicyclic amines) is 1. The Morgan fingerprint density at radius 3 is 2.24 bits per heavy atom. The fraction of sp³-hybridized carbons (Fsp3) is 0.895. The van der Waals surface area contributed by atoms with Gasteiger partial charge in [0, 0.05) is 25.6 Å². The van der Waals surface area contributed by atoms with Gasteiger partial charge in [0.25, 0.3) is 0 Å². The lowest BCUT2D eigenvalue weighted by molar-refractivity contribution is -0.136. The molecule has 1 atom stereocenters. The highest BCUT2D eigenvalue weighted by Crippen LogP contribution is 2.61. The van der Waals surface area contributed by atoms with Crippen molar-refractivity contribution in [2.75, 3.05) is 19.6 Å². The normalized spacial score (nSPS) is 38.5. The number of hydrogen-bond acceptors (Lipinski definition) is 3. The average Bonchev–Trinajstić information content (AvgIpc) is 2.99. The van der Waals surface area contributed by atoms with Gasteiger partial charge in [-0.3, -0.25) is 9.59 Å². The third-order valence-corrected chi connectivity index (χ3v) is 7.11. The summed E-state index contributed by atoms with van der Waals surface area (Å²) in [5.74, 6) is 2.69. The van der Waals surface area contributed by atoms with Crippen LogP contribution in [0.15, 0.2) is 0 Å².